The van der Waals surface area contributed by atoms with E-state index in [1.165, 1.54) is 4.90 Å². The Morgan fingerprint density at radius 3 is 2.37 bits per heavy atom. The van der Waals surface area contributed by atoms with Gasteiger partial charge in [0, 0.05) is 11.1 Å². The molecule has 2 aromatic rings. The van der Waals surface area contributed by atoms with E-state index in [-0.39, 0.29) is 24.2 Å². The summed E-state index contributed by atoms with van der Waals surface area (Å²) in [4.78, 5) is 27.0. The van der Waals surface area contributed by atoms with Gasteiger partial charge in [-0.25, -0.2) is 0 Å². The fourth-order valence-corrected chi connectivity index (χ4v) is 3.42. The number of para-hydroxylation sites is 1. The molecule has 138 valence electrons. The Labute approximate surface area is 159 Å². The van der Waals surface area contributed by atoms with E-state index in [0.29, 0.717) is 16.8 Å². The zero-order valence-corrected chi connectivity index (χ0v) is 15.8. The van der Waals surface area contributed by atoms with Crippen molar-refractivity contribution in [3.8, 4) is 12.3 Å². The Morgan fingerprint density at radius 1 is 1.15 bits per heavy atom. The maximum Gasteiger partial charge on any atom is 0.265 e. The number of amides is 1. The zero-order chi connectivity index (χ0) is 19.8. The summed E-state index contributed by atoms with van der Waals surface area (Å²) in [6.45, 7) is 6.34. The molecule has 1 amide bonds. The molecule has 2 aromatic carbocycles. The topological polar surface area (TPSA) is 57.6 Å². The first-order valence-electron chi connectivity index (χ1n) is 8.89. The Bertz CT molecular complexity index is 931. The Hall–Kier alpha value is -2.90. The van der Waals surface area contributed by atoms with Gasteiger partial charge >= 0.3 is 0 Å². The molecule has 0 aliphatic carbocycles. The van der Waals surface area contributed by atoms with Gasteiger partial charge in [0.05, 0.1) is 18.7 Å². The van der Waals surface area contributed by atoms with Crippen LogP contribution < -0.4 is 4.90 Å². The van der Waals surface area contributed by atoms with E-state index in [1.54, 1.807) is 36.4 Å². The lowest BCUT2D eigenvalue weighted by Gasteiger charge is -2.22. The average Bonchev–Trinajstić information content (AvgIpc) is 2.84. The van der Waals surface area contributed by atoms with Gasteiger partial charge in [0.2, 0.25) is 0 Å². The third-order valence-electron chi connectivity index (χ3n) is 4.98. The van der Waals surface area contributed by atoms with Crippen LogP contribution in [-0.2, 0) is 15.8 Å². The van der Waals surface area contributed by atoms with Gasteiger partial charge in [-0.3, -0.25) is 14.5 Å². The monoisotopic (exact) mass is 361 g/mol. The first-order chi connectivity index (χ1) is 12.7. The van der Waals surface area contributed by atoms with E-state index in [9.17, 15) is 14.7 Å². The molecule has 1 aliphatic rings. The molecule has 0 bridgehead atoms. The molecule has 0 spiro atoms. The number of aliphatic hydroxyl groups is 1. The molecule has 0 unspecified atom stereocenters. The van der Waals surface area contributed by atoms with Crippen LogP contribution >= 0.6 is 0 Å². The summed E-state index contributed by atoms with van der Waals surface area (Å²) in [5.41, 5.74) is 0.643. The van der Waals surface area contributed by atoms with E-state index in [0.717, 1.165) is 5.56 Å². The van der Waals surface area contributed by atoms with E-state index in [1.807, 2.05) is 12.1 Å². The number of fused-ring (bicyclic) bond motifs is 1. The quantitative estimate of drug-likeness (QED) is 0.670. The molecule has 0 saturated carbocycles. The van der Waals surface area contributed by atoms with Crippen LogP contribution in [-0.4, -0.2) is 23.3 Å². The van der Waals surface area contributed by atoms with Crippen LogP contribution in [0.5, 0.6) is 0 Å². The van der Waals surface area contributed by atoms with Gasteiger partial charge in [-0.1, -0.05) is 69.2 Å². The van der Waals surface area contributed by atoms with Crippen molar-refractivity contribution in [3.05, 3.63) is 65.2 Å². The molecule has 0 radical (unpaired) electrons. The number of hydrogen-bond donors (Lipinski definition) is 1. The normalized spacial score (nSPS) is 18.9. The van der Waals surface area contributed by atoms with E-state index in [4.69, 9.17) is 6.42 Å². The van der Waals surface area contributed by atoms with Crippen molar-refractivity contribution in [2.75, 3.05) is 11.4 Å². The maximum atomic E-state index is 12.9. The minimum Gasteiger partial charge on any atom is -0.375 e. The molecule has 1 heterocycles. The van der Waals surface area contributed by atoms with Gasteiger partial charge in [-0.2, -0.15) is 0 Å². The highest BCUT2D eigenvalue weighted by atomic mass is 16.3. The van der Waals surface area contributed by atoms with Crippen molar-refractivity contribution in [1.82, 2.24) is 0 Å². The lowest BCUT2D eigenvalue weighted by Crippen LogP contribution is -2.42. The molecule has 0 saturated heterocycles. The number of nitrogens with zero attached hydrogens (tertiary/aromatic N) is 1. The number of carbonyl (C=O) groups is 2. The molecule has 1 aliphatic heterocycles. The van der Waals surface area contributed by atoms with Crippen LogP contribution in [0, 0.1) is 12.3 Å². The standard InChI is InChI=1S/C23H23NO3/c1-5-14-24-19-9-7-6-8-18(19)23(27,21(24)26)15-20(25)16-10-12-17(13-11-16)22(2,3)4/h1,6-13,27H,14-15H2,2-4H3/t23-/m0/s1. The third-order valence-corrected chi connectivity index (χ3v) is 4.98. The first-order valence-corrected chi connectivity index (χ1v) is 8.89. The number of hydrogen-bond acceptors (Lipinski definition) is 3. The van der Waals surface area contributed by atoms with Crippen LogP contribution in [0.1, 0.15) is 48.7 Å². The largest absolute Gasteiger partial charge is 0.375 e. The number of ketones is 1. The summed E-state index contributed by atoms with van der Waals surface area (Å²) >= 11 is 0. The van der Waals surface area contributed by atoms with Gasteiger partial charge in [0.25, 0.3) is 5.91 Å². The predicted octanol–water partition coefficient (Wildman–Crippen LogP) is 3.42. The summed E-state index contributed by atoms with van der Waals surface area (Å²) in [6.07, 6.45) is 5.04. The van der Waals surface area contributed by atoms with E-state index < -0.39 is 11.5 Å². The van der Waals surface area contributed by atoms with E-state index in [2.05, 4.69) is 26.7 Å². The number of terminal acetylenes is 1. The number of carbonyl (C=O) groups excluding carboxylic acids is 2. The molecule has 1 atom stereocenters. The van der Waals surface area contributed by atoms with Crippen molar-refractivity contribution in [2.24, 2.45) is 0 Å². The second kappa shape index (κ2) is 6.68. The van der Waals surface area contributed by atoms with Crippen LogP contribution in [0.15, 0.2) is 48.5 Å². The Morgan fingerprint density at radius 2 is 1.78 bits per heavy atom. The van der Waals surface area contributed by atoms with Gasteiger partial charge in [-0.15, -0.1) is 6.42 Å². The highest BCUT2D eigenvalue weighted by molar-refractivity contribution is 6.11. The number of anilines is 1. The molecule has 3 rings (SSSR count). The second-order valence-electron chi connectivity index (χ2n) is 7.90. The Balaban J connectivity index is 1.91. The third kappa shape index (κ3) is 3.27. The van der Waals surface area contributed by atoms with Crippen LogP contribution in [0.25, 0.3) is 0 Å². The summed E-state index contributed by atoms with van der Waals surface area (Å²) < 4.78 is 0. The van der Waals surface area contributed by atoms with Crippen LogP contribution in [0.4, 0.5) is 5.69 Å². The number of rotatable bonds is 4. The molecule has 27 heavy (non-hydrogen) atoms. The summed E-state index contributed by atoms with van der Waals surface area (Å²) in [5.74, 6) is 1.59. The molecule has 4 nitrogen and oxygen atoms in total. The first kappa shape index (κ1) is 18.9. The summed E-state index contributed by atoms with van der Waals surface area (Å²) in [7, 11) is 0. The van der Waals surface area contributed by atoms with Crippen molar-refractivity contribution < 1.29 is 14.7 Å². The fourth-order valence-electron chi connectivity index (χ4n) is 3.42. The van der Waals surface area contributed by atoms with E-state index >= 15 is 0 Å². The minimum atomic E-state index is -1.90. The van der Waals surface area contributed by atoms with Crippen LogP contribution in [0.3, 0.4) is 0 Å². The van der Waals surface area contributed by atoms with Crippen molar-refractivity contribution >= 4 is 17.4 Å². The smallest absolute Gasteiger partial charge is 0.265 e. The maximum absolute atomic E-state index is 12.9. The molecule has 4 heteroatoms. The summed E-state index contributed by atoms with van der Waals surface area (Å²) in [6, 6.07) is 14.2. The zero-order valence-electron chi connectivity index (χ0n) is 15.8. The number of benzene rings is 2. The molecular weight excluding hydrogens is 338 g/mol. The molecule has 0 fully saturated rings. The highest BCUT2D eigenvalue weighted by Gasteiger charge is 2.50. The van der Waals surface area contributed by atoms with Crippen molar-refractivity contribution in [3.63, 3.8) is 0 Å². The molecule has 1 N–H and O–H groups in total. The molecule has 0 aromatic heterocycles. The van der Waals surface area contributed by atoms with Crippen molar-refractivity contribution in [2.45, 2.75) is 38.2 Å². The minimum absolute atomic E-state index is 0.0180. The van der Waals surface area contributed by atoms with Gasteiger partial charge in [0.1, 0.15) is 0 Å². The van der Waals surface area contributed by atoms with Gasteiger partial charge in [0.15, 0.2) is 11.4 Å². The van der Waals surface area contributed by atoms with Crippen LogP contribution in [0.2, 0.25) is 0 Å². The average molecular weight is 361 g/mol. The fraction of sp³-hybridized carbons (Fsp3) is 0.304. The Kier molecular flexibility index (Phi) is 4.67. The molecular formula is C23H23NO3. The second-order valence-corrected chi connectivity index (χ2v) is 7.90. The lowest BCUT2D eigenvalue weighted by molar-refractivity contribution is -0.135. The predicted molar refractivity (Wildman–Crippen MR) is 106 cm³/mol. The van der Waals surface area contributed by atoms with Crippen molar-refractivity contribution in [1.29, 1.82) is 0 Å². The SMILES string of the molecule is C#CCN1C(=O)[C@](O)(CC(=O)c2ccc(C(C)(C)C)cc2)c2ccccc21. The highest BCUT2D eigenvalue weighted by Crippen LogP contribution is 2.42. The van der Waals surface area contributed by atoms with Gasteiger partial charge in [-0.05, 0) is 17.0 Å². The van der Waals surface area contributed by atoms with Gasteiger partial charge < -0.3 is 5.11 Å². The number of Topliss-reactive ketones (excluding diaryl/α,β-unsaturated/α-hetero) is 1. The lowest BCUT2D eigenvalue weighted by atomic mass is 9.85. The summed E-state index contributed by atoms with van der Waals surface area (Å²) in [5, 5.41) is 11.1.